The predicted molar refractivity (Wildman–Crippen MR) is 80.9 cm³/mol. The maximum Gasteiger partial charge on any atom is 0.318 e. The lowest BCUT2D eigenvalue weighted by molar-refractivity contribution is 0.0978. The second-order valence-corrected chi connectivity index (χ2v) is 5.01. The van der Waals surface area contributed by atoms with Gasteiger partial charge in [-0.05, 0) is 12.0 Å². The first-order valence-corrected chi connectivity index (χ1v) is 7.20. The van der Waals surface area contributed by atoms with E-state index in [-0.39, 0.29) is 24.8 Å². The number of hydrogen-bond acceptors (Lipinski definition) is 3. The Kier molecular flexibility index (Phi) is 5.78. The molecule has 2 rings (SSSR count). The smallest absolute Gasteiger partial charge is 0.318 e. The van der Waals surface area contributed by atoms with Crippen molar-refractivity contribution in [3.8, 4) is 0 Å². The summed E-state index contributed by atoms with van der Waals surface area (Å²) in [5.74, 6) is 0. The van der Waals surface area contributed by atoms with Gasteiger partial charge in [0.15, 0.2) is 0 Å². The molecule has 1 aromatic carbocycles. The minimum Gasteiger partial charge on any atom is -0.395 e. The maximum absolute atomic E-state index is 12.3. The molecule has 1 fully saturated rings. The summed E-state index contributed by atoms with van der Waals surface area (Å²) in [6.45, 7) is 4.90. The van der Waals surface area contributed by atoms with Gasteiger partial charge >= 0.3 is 6.03 Å². The summed E-state index contributed by atoms with van der Waals surface area (Å²) in [4.78, 5) is 13.8. The number of amides is 2. The number of urea groups is 1. The minimum atomic E-state index is -0.194. The first kappa shape index (κ1) is 15.5. The van der Waals surface area contributed by atoms with Crippen LogP contribution in [-0.2, 0) is 4.74 Å². The molecule has 0 radical (unpaired) electrons. The van der Waals surface area contributed by atoms with Crippen LogP contribution in [0.3, 0.4) is 0 Å². The number of hydrogen-bond donors (Lipinski definition) is 2. The molecule has 1 heterocycles. The summed E-state index contributed by atoms with van der Waals surface area (Å²) < 4.78 is 5.75. The third-order valence-corrected chi connectivity index (χ3v) is 3.54. The molecular formula is C16H22N2O3. The highest BCUT2D eigenvalue weighted by atomic mass is 16.5. The number of ether oxygens (including phenoxy) is 1. The zero-order valence-corrected chi connectivity index (χ0v) is 12.1. The molecule has 2 N–H and O–H groups in total. The van der Waals surface area contributed by atoms with Crippen molar-refractivity contribution < 1.29 is 14.6 Å². The van der Waals surface area contributed by atoms with Crippen LogP contribution in [0.1, 0.15) is 18.1 Å². The second kappa shape index (κ2) is 7.81. The van der Waals surface area contributed by atoms with Gasteiger partial charge in [-0.25, -0.2) is 4.79 Å². The highest BCUT2D eigenvalue weighted by Crippen LogP contribution is 2.29. The van der Waals surface area contributed by atoms with E-state index in [0.717, 1.165) is 12.0 Å². The van der Waals surface area contributed by atoms with E-state index in [1.54, 1.807) is 6.08 Å². The van der Waals surface area contributed by atoms with Crippen LogP contribution in [0.25, 0.3) is 0 Å². The van der Waals surface area contributed by atoms with E-state index in [4.69, 9.17) is 9.84 Å². The molecule has 1 aliphatic rings. The molecule has 0 spiro atoms. The highest BCUT2D eigenvalue weighted by molar-refractivity contribution is 5.74. The molecule has 0 aliphatic carbocycles. The van der Waals surface area contributed by atoms with Crippen molar-refractivity contribution in [2.75, 3.05) is 26.3 Å². The van der Waals surface area contributed by atoms with Crippen LogP contribution in [0.5, 0.6) is 0 Å². The molecule has 0 saturated carbocycles. The van der Waals surface area contributed by atoms with Crippen LogP contribution in [-0.4, -0.2) is 48.4 Å². The fraction of sp³-hybridized carbons (Fsp3) is 0.438. The predicted octanol–water partition coefficient (Wildman–Crippen LogP) is 1.71. The average Bonchev–Trinajstić information content (AvgIpc) is 2.96. The van der Waals surface area contributed by atoms with Gasteiger partial charge in [0, 0.05) is 19.7 Å². The largest absolute Gasteiger partial charge is 0.395 e. The van der Waals surface area contributed by atoms with Gasteiger partial charge in [-0.1, -0.05) is 36.4 Å². The van der Waals surface area contributed by atoms with Crippen molar-refractivity contribution in [3.63, 3.8) is 0 Å². The van der Waals surface area contributed by atoms with Gasteiger partial charge in [-0.2, -0.15) is 0 Å². The van der Waals surface area contributed by atoms with Crippen LogP contribution >= 0.6 is 0 Å². The van der Waals surface area contributed by atoms with Gasteiger partial charge in [0.05, 0.1) is 12.6 Å². The SMILES string of the molecule is C=CCN(CCO)C(=O)NC1CCOC1c1ccccc1. The fourth-order valence-electron chi connectivity index (χ4n) is 2.51. The summed E-state index contributed by atoms with van der Waals surface area (Å²) in [6.07, 6.45) is 2.32. The Bertz CT molecular complexity index is 464. The lowest BCUT2D eigenvalue weighted by Crippen LogP contribution is -2.46. The summed E-state index contributed by atoms with van der Waals surface area (Å²) >= 11 is 0. The van der Waals surface area contributed by atoms with E-state index in [9.17, 15) is 4.79 Å². The standard InChI is InChI=1S/C16H22N2O3/c1-2-9-18(10-11-19)16(20)17-14-8-12-21-15(14)13-6-4-3-5-7-13/h2-7,14-15,19H,1,8-12H2,(H,17,20). The molecule has 1 aromatic rings. The zero-order chi connectivity index (χ0) is 15.1. The molecule has 2 amide bonds. The van der Waals surface area contributed by atoms with Gasteiger partial charge in [-0.3, -0.25) is 0 Å². The first-order chi connectivity index (χ1) is 10.3. The molecule has 21 heavy (non-hydrogen) atoms. The topological polar surface area (TPSA) is 61.8 Å². The van der Waals surface area contributed by atoms with Crippen LogP contribution in [0.2, 0.25) is 0 Å². The number of carbonyl (C=O) groups is 1. The van der Waals surface area contributed by atoms with Crippen molar-refractivity contribution >= 4 is 6.03 Å². The zero-order valence-electron chi connectivity index (χ0n) is 12.1. The lowest BCUT2D eigenvalue weighted by atomic mass is 10.0. The van der Waals surface area contributed by atoms with Crippen LogP contribution in [0.4, 0.5) is 4.79 Å². The van der Waals surface area contributed by atoms with Gasteiger partial charge in [0.2, 0.25) is 0 Å². The van der Waals surface area contributed by atoms with Crippen molar-refractivity contribution in [3.05, 3.63) is 48.6 Å². The highest BCUT2D eigenvalue weighted by Gasteiger charge is 2.31. The molecule has 114 valence electrons. The van der Waals surface area contributed by atoms with Crippen molar-refractivity contribution in [2.45, 2.75) is 18.6 Å². The van der Waals surface area contributed by atoms with Crippen molar-refractivity contribution in [2.24, 2.45) is 0 Å². The van der Waals surface area contributed by atoms with Crippen LogP contribution in [0, 0.1) is 0 Å². The Hall–Kier alpha value is -1.85. The van der Waals surface area contributed by atoms with Gasteiger partial charge in [-0.15, -0.1) is 6.58 Å². The van der Waals surface area contributed by atoms with Gasteiger partial charge < -0.3 is 20.1 Å². The fourth-order valence-corrected chi connectivity index (χ4v) is 2.51. The van der Waals surface area contributed by atoms with Crippen molar-refractivity contribution in [1.29, 1.82) is 0 Å². The van der Waals surface area contributed by atoms with Gasteiger partial charge in [0.25, 0.3) is 0 Å². The Morgan fingerprint density at radius 3 is 2.90 bits per heavy atom. The summed E-state index contributed by atoms with van der Waals surface area (Å²) in [5, 5.41) is 12.0. The molecule has 5 heteroatoms. The van der Waals surface area contributed by atoms with Crippen molar-refractivity contribution in [1.82, 2.24) is 10.2 Å². The maximum atomic E-state index is 12.3. The molecule has 5 nitrogen and oxygen atoms in total. The third-order valence-electron chi connectivity index (χ3n) is 3.54. The first-order valence-electron chi connectivity index (χ1n) is 7.20. The molecular weight excluding hydrogens is 268 g/mol. The Balaban J connectivity index is 2.00. The summed E-state index contributed by atoms with van der Waals surface area (Å²) in [7, 11) is 0. The Morgan fingerprint density at radius 2 is 2.24 bits per heavy atom. The average molecular weight is 290 g/mol. The number of rotatable bonds is 6. The van der Waals surface area contributed by atoms with E-state index < -0.39 is 0 Å². The van der Waals surface area contributed by atoms with E-state index in [1.165, 1.54) is 4.90 Å². The number of benzene rings is 1. The second-order valence-electron chi connectivity index (χ2n) is 5.01. The quantitative estimate of drug-likeness (QED) is 0.784. The van der Waals surface area contributed by atoms with E-state index in [0.29, 0.717) is 19.7 Å². The number of carbonyl (C=O) groups excluding carboxylic acids is 1. The van der Waals surface area contributed by atoms with E-state index in [2.05, 4.69) is 11.9 Å². The number of aliphatic hydroxyl groups is 1. The van der Waals surface area contributed by atoms with Gasteiger partial charge in [0.1, 0.15) is 6.10 Å². The number of aliphatic hydroxyl groups excluding tert-OH is 1. The molecule has 1 saturated heterocycles. The lowest BCUT2D eigenvalue weighted by Gasteiger charge is -2.25. The molecule has 2 atom stereocenters. The third kappa shape index (κ3) is 4.06. The number of nitrogens with one attached hydrogen (secondary N) is 1. The van der Waals surface area contributed by atoms with Crippen LogP contribution in [0.15, 0.2) is 43.0 Å². The van der Waals surface area contributed by atoms with Crippen LogP contribution < -0.4 is 5.32 Å². The molecule has 0 aromatic heterocycles. The summed E-state index contributed by atoms with van der Waals surface area (Å²) in [6, 6.07) is 9.65. The van der Waals surface area contributed by atoms with E-state index in [1.807, 2.05) is 30.3 Å². The Labute approximate surface area is 125 Å². The Morgan fingerprint density at radius 1 is 1.48 bits per heavy atom. The number of nitrogens with zero attached hydrogens (tertiary/aromatic N) is 1. The molecule has 0 bridgehead atoms. The van der Waals surface area contributed by atoms with E-state index >= 15 is 0 Å². The summed E-state index contributed by atoms with van der Waals surface area (Å²) in [5.41, 5.74) is 1.07. The minimum absolute atomic E-state index is 0.0501. The molecule has 1 aliphatic heterocycles. The normalized spacial score (nSPS) is 21.0. The monoisotopic (exact) mass is 290 g/mol. The molecule has 2 unspecified atom stereocenters.